The number of hydrogen-bond donors (Lipinski definition) is 0. The Morgan fingerprint density at radius 1 is 1.22 bits per heavy atom. The summed E-state index contributed by atoms with van der Waals surface area (Å²) in [7, 11) is 0. The van der Waals surface area contributed by atoms with Crippen LogP contribution in [0.3, 0.4) is 0 Å². The standard InChI is InChI=1S/C19H21N3S/c1-13-7-3-4-8-15(13)22-14(2)16-17(19(22)9-5-6-10-19)21-12-11-20-18(21)23-16/h3-4,7-8,11-12,14H,5-6,9-10H2,1-2H3/t14-/m0/s1. The summed E-state index contributed by atoms with van der Waals surface area (Å²) >= 11 is 1.88. The number of thiazole rings is 1. The average molecular weight is 323 g/mol. The molecule has 0 N–H and O–H groups in total. The van der Waals surface area contributed by atoms with Crippen molar-refractivity contribution in [3.8, 4) is 0 Å². The summed E-state index contributed by atoms with van der Waals surface area (Å²) < 4.78 is 2.36. The fourth-order valence-electron chi connectivity index (χ4n) is 4.85. The second-order valence-electron chi connectivity index (χ2n) is 6.97. The summed E-state index contributed by atoms with van der Waals surface area (Å²) in [6.07, 6.45) is 9.24. The first-order valence-electron chi connectivity index (χ1n) is 8.53. The van der Waals surface area contributed by atoms with Crippen molar-refractivity contribution in [2.24, 2.45) is 0 Å². The molecule has 4 heteroatoms. The van der Waals surface area contributed by atoms with Gasteiger partial charge in [0.1, 0.15) is 0 Å². The lowest BCUT2D eigenvalue weighted by Gasteiger charge is -2.41. The highest BCUT2D eigenvalue weighted by Crippen LogP contribution is 2.58. The number of nitrogens with zero attached hydrogens (tertiary/aromatic N) is 3. The van der Waals surface area contributed by atoms with Gasteiger partial charge in [0.05, 0.1) is 22.2 Å². The van der Waals surface area contributed by atoms with Crippen molar-refractivity contribution in [3.05, 3.63) is 52.8 Å². The van der Waals surface area contributed by atoms with Crippen molar-refractivity contribution in [3.63, 3.8) is 0 Å². The summed E-state index contributed by atoms with van der Waals surface area (Å²) in [4.78, 5) is 9.93. The van der Waals surface area contributed by atoms with Crippen molar-refractivity contribution >= 4 is 22.0 Å². The molecule has 118 valence electrons. The molecule has 2 aromatic heterocycles. The largest absolute Gasteiger partial charge is 0.352 e. The van der Waals surface area contributed by atoms with Crippen LogP contribution in [0.15, 0.2) is 36.7 Å². The van der Waals surface area contributed by atoms with Crippen LogP contribution in [0.4, 0.5) is 5.69 Å². The Balaban J connectivity index is 1.79. The predicted molar refractivity (Wildman–Crippen MR) is 95.3 cm³/mol. The molecule has 0 unspecified atom stereocenters. The van der Waals surface area contributed by atoms with Gasteiger partial charge in [-0.05, 0) is 38.3 Å². The molecule has 2 aliphatic rings. The van der Waals surface area contributed by atoms with Gasteiger partial charge >= 0.3 is 0 Å². The van der Waals surface area contributed by atoms with Crippen molar-refractivity contribution in [1.29, 1.82) is 0 Å². The molecule has 0 bridgehead atoms. The number of rotatable bonds is 1. The fourth-order valence-corrected chi connectivity index (χ4v) is 6.07. The quantitative estimate of drug-likeness (QED) is 0.624. The average Bonchev–Trinajstić information content (AvgIpc) is 3.26. The van der Waals surface area contributed by atoms with E-state index < -0.39 is 0 Å². The van der Waals surface area contributed by atoms with Gasteiger partial charge in [0.25, 0.3) is 0 Å². The maximum atomic E-state index is 4.55. The zero-order chi connectivity index (χ0) is 15.6. The lowest BCUT2D eigenvalue weighted by molar-refractivity contribution is 0.404. The molecule has 1 saturated carbocycles. The molecule has 1 fully saturated rings. The highest BCUT2D eigenvalue weighted by Gasteiger charge is 2.53. The highest BCUT2D eigenvalue weighted by molar-refractivity contribution is 7.17. The Labute approximate surface area is 140 Å². The van der Waals surface area contributed by atoms with Gasteiger partial charge in [-0.25, -0.2) is 4.98 Å². The van der Waals surface area contributed by atoms with Crippen LogP contribution < -0.4 is 4.90 Å². The molecule has 0 saturated heterocycles. The molecule has 3 nitrogen and oxygen atoms in total. The van der Waals surface area contributed by atoms with Crippen LogP contribution >= 0.6 is 11.3 Å². The number of para-hydroxylation sites is 1. The molecule has 0 radical (unpaired) electrons. The molecule has 0 amide bonds. The summed E-state index contributed by atoms with van der Waals surface area (Å²) in [5.74, 6) is 0. The second-order valence-corrected chi connectivity index (χ2v) is 7.97. The summed E-state index contributed by atoms with van der Waals surface area (Å²) in [6.45, 7) is 4.61. The molecule has 3 aromatic rings. The first kappa shape index (κ1) is 13.6. The molecule has 1 aliphatic heterocycles. The Morgan fingerprint density at radius 3 is 2.78 bits per heavy atom. The van der Waals surface area contributed by atoms with E-state index in [0.717, 1.165) is 4.96 Å². The van der Waals surface area contributed by atoms with Crippen LogP contribution in [0.5, 0.6) is 0 Å². The minimum absolute atomic E-state index is 0.153. The van der Waals surface area contributed by atoms with E-state index in [1.807, 2.05) is 17.5 Å². The number of fused-ring (bicyclic) bond motifs is 4. The maximum Gasteiger partial charge on any atom is 0.194 e. The molecule has 5 rings (SSSR count). The zero-order valence-electron chi connectivity index (χ0n) is 13.6. The molecule has 1 atom stereocenters. The molecule has 1 aromatic carbocycles. The smallest absolute Gasteiger partial charge is 0.194 e. The third-order valence-corrected chi connectivity index (χ3v) is 7.00. The molecular weight excluding hydrogens is 302 g/mol. The van der Waals surface area contributed by atoms with E-state index in [1.165, 1.54) is 47.5 Å². The van der Waals surface area contributed by atoms with Gasteiger partial charge in [0.2, 0.25) is 0 Å². The van der Waals surface area contributed by atoms with E-state index in [4.69, 9.17) is 0 Å². The summed E-state index contributed by atoms with van der Waals surface area (Å²) in [5, 5.41) is 0. The Bertz CT molecular complexity index is 885. The Kier molecular flexibility index (Phi) is 2.72. The second kappa shape index (κ2) is 4.60. The van der Waals surface area contributed by atoms with Gasteiger partial charge in [-0.1, -0.05) is 42.4 Å². The van der Waals surface area contributed by atoms with Gasteiger partial charge < -0.3 is 4.90 Å². The van der Waals surface area contributed by atoms with Gasteiger partial charge in [0, 0.05) is 18.1 Å². The molecule has 1 aliphatic carbocycles. The van der Waals surface area contributed by atoms with Crippen molar-refractivity contribution in [2.75, 3.05) is 4.90 Å². The maximum absolute atomic E-state index is 4.55. The summed E-state index contributed by atoms with van der Waals surface area (Å²) in [5.41, 5.74) is 4.45. The number of imidazole rings is 1. The van der Waals surface area contributed by atoms with Crippen molar-refractivity contribution < 1.29 is 0 Å². The third-order valence-electron chi connectivity index (χ3n) is 5.76. The van der Waals surface area contributed by atoms with E-state index in [1.54, 1.807) is 0 Å². The Hall–Kier alpha value is -1.81. The highest BCUT2D eigenvalue weighted by atomic mass is 32.1. The van der Waals surface area contributed by atoms with Crippen LogP contribution in [0.1, 0.15) is 54.8 Å². The lowest BCUT2D eigenvalue weighted by atomic mass is 9.92. The van der Waals surface area contributed by atoms with Gasteiger partial charge in [-0.15, -0.1) is 0 Å². The van der Waals surface area contributed by atoms with Gasteiger partial charge in [-0.3, -0.25) is 4.40 Å². The van der Waals surface area contributed by atoms with Crippen molar-refractivity contribution in [2.45, 2.75) is 51.1 Å². The minimum atomic E-state index is 0.153. The molecular formula is C19H21N3S. The summed E-state index contributed by atoms with van der Waals surface area (Å²) in [6, 6.07) is 9.29. The van der Waals surface area contributed by atoms with Crippen LogP contribution in [0.2, 0.25) is 0 Å². The molecule has 3 heterocycles. The van der Waals surface area contributed by atoms with Crippen LogP contribution in [0, 0.1) is 6.92 Å². The number of aryl methyl sites for hydroxylation is 1. The monoisotopic (exact) mass is 323 g/mol. The van der Waals surface area contributed by atoms with Gasteiger partial charge in [-0.2, -0.15) is 0 Å². The number of hydrogen-bond acceptors (Lipinski definition) is 3. The van der Waals surface area contributed by atoms with Crippen molar-refractivity contribution in [1.82, 2.24) is 9.38 Å². The number of aromatic nitrogens is 2. The van der Waals surface area contributed by atoms with Crippen LogP contribution in [-0.4, -0.2) is 9.38 Å². The normalized spacial score (nSPS) is 22.3. The topological polar surface area (TPSA) is 20.5 Å². The van der Waals surface area contributed by atoms with Gasteiger partial charge in [0.15, 0.2) is 4.96 Å². The minimum Gasteiger partial charge on any atom is -0.352 e. The molecule has 1 spiro atoms. The third kappa shape index (κ3) is 1.62. The molecule has 23 heavy (non-hydrogen) atoms. The first-order valence-corrected chi connectivity index (χ1v) is 9.35. The number of anilines is 1. The van der Waals surface area contributed by atoms with Crippen LogP contribution in [0.25, 0.3) is 4.96 Å². The zero-order valence-corrected chi connectivity index (χ0v) is 14.4. The van der Waals surface area contributed by atoms with Crippen LogP contribution in [-0.2, 0) is 5.54 Å². The van der Waals surface area contributed by atoms with E-state index in [2.05, 4.69) is 58.6 Å². The first-order chi connectivity index (χ1) is 11.2. The lowest BCUT2D eigenvalue weighted by Crippen LogP contribution is -2.41. The van der Waals surface area contributed by atoms with E-state index >= 15 is 0 Å². The van der Waals surface area contributed by atoms with E-state index in [9.17, 15) is 0 Å². The number of benzene rings is 1. The SMILES string of the molecule is Cc1ccccc1N1[C@@H](C)c2sc3nccn3c2C12CCCC2. The van der Waals surface area contributed by atoms with E-state index in [-0.39, 0.29) is 5.54 Å². The van der Waals surface area contributed by atoms with E-state index in [0.29, 0.717) is 6.04 Å². The predicted octanol–water partition coefficient (Wildman–Crippen LogP) is 5.05. The fraction of sp³-hybridized carbons (Fsp3) is 0.421. The Morgan fingerprint density at radius 2 is 2.00 bits per heavy atom.